The van der Waals surface area contributed by atoms with Crippen molar-refractivity contribution >= 4 is 15.9 Å². The lowest BCUT2D eigenvalue weighted by molar-refractivity contribution is -0.132. The Morgan fingerprint density at radius 2 is 2.04 bits per heavy atom. The molecule has 8 heteroatoms. The minimum absolute atomic E-state index is 0.0352. The highest BCUT2D eigenvalue weighted by Gasteiger charge is 2.29. The summed E-state index contributed by atoms with van der Waals surface area (Å²) in [5.41, 5.74) is 0.396. The van der Waals surface area contributed by atoms with Crippen LogP contribution in [0.2, 0.25) is 0 Å². The minimum Gasteiger partial charge on any atom is -0.341 e. The van der Waals surface area contributed by atoms with Gasteiger partial charge in [-0.25, -0.2) is 21.5 Å². The van der Waals surface area contributed by atoms with Crippen LogP contribution in [0.3, 0.4) is 0 Å². The van der Waals surface area contributed by atoms with E-state index in [0.29, 0.717) is 31.5 Å². The summed E-state index contributed by atoms with van der Waals surface area (Å²) in [6.07, 6.45) is 2.49. The minimum atomic E-state index is -3.32. The van der Waals surface area contributed by atoms with E-state index in [1.165, 1.54) is 17.4 Å². The van der Waals surface area contributed by atoms with E-state index in [0.717, 1.165) is 18.4 Å². The Balaban J connectivity index is 2.03. The molecule has 0 aliphatic carbocycles. The Kier molecular flexibility index (Phi) is 5.36. The van der Waals surface area contributed by atoms with E-state index < -0.39 is 21.7 Å². The second kappa shape index (κ2) is 6.92. The van der Waals surface area contributed by atoms with Crippen molar-refractivity contribution in [3.05, 3.63) is 35.4 Å². The lowest BCUT2D eigenvalue weighted by Crippen LogP contribution is -2.50. The average molecular weight is 346 g/mol. The molecule has 1 aromatic carbocycles. The highest BCUT2D eigenvalue weighted by Crippen LogP contribution is 2.18. The number of halogens is 2. The van der Waals surface area contributed by atoms with Crippen LogP contribution in [0.15, 0.2) is 18.2 Å². The Bertz CT molecular complexity index is 694. The van der Waals surface area contributed by atoms with Crippen LogP contribution in [-0.4, -0.2) is 56.0 Å². The zero-order valence-corrected chi connectivity index (χ0v) is 13.9. The summed E-state index contributed by atoms with van der Waals surface area (Å²) in [6, 6.07) is 3.12. The van der Waals surface area contributed by atoms with Gasteiger partial charge in [0.25, 0.3) is 0 Å². The molecule has 0 unspecified atom stereocenters. The van der Waals surface area contributed by atoms with Crippen LogP contribution in [0.1, 0.15) is 18.4 Å². The van der Waals surface area contributed by atoms with Crippen LogP contribution in [0.4, 0.5) is 8.78 Å². The van der Waals surface area contributed by atoms with Crippen molar-refractivity contribution in [3.63, 3.8) is 0 Å². The van der Waals surface area contributed by atoms with Crippen molar-refractivity contribution in [3.8, 4) is 0 Å². The van der Waals surface area contributed by atoms with E-state index in [1.807, 2.05) is 0 Å². The maximum absolute atomic E-state index is 13.2. The molecule has 0 bridgehead atoms. The predicted octanol–water partition coefficient (Wildman–Crippen LogP) is 1.39. The number of rotatable bonds is 4. The fraction of sp³-hybridized carbons (Fsp3) is 0.533. The van der Waals surface area contributed by atoms with Gasteiger partial charge in [-0.2, -0.15) is 0 Å². The van der Waals surface area contributed by atoms with Crippen molar-refractivity contribution < 1.29 is 22.0 Å². The lowest BCUT2D eigenvalue weighted by Gasteiger charge is -2.36. The van der Waals surface area contributed by atoms with E-state index in [-0.39, 0.29) is 18.4 Å². The van der Waals surface area contributed by atoms with Gasteiger partial charge in [0.15, 0.2) is 11.6 Å². The van der Waals surface area contributed by atoms with Gasteiger partial charge in [-0.1, -0.05) is 6.07 Å². The third-order valence-corrected chi connectivity index (χ3v) is 5.47. The molecule has 5 nitrogen and oxygen atoms in total. The molecule has 1 aliphatic rings. The molecule has 1 amide bonds. The highest BCUT2D eigenvalue weighted by molar-refractivity contribution is 7.88. The summed E-state index contributed by atoms with van der Waals surface area (Å²) in [5, 5.41) is 0. The summed E-state index contributed by atoms with van der Waals surface area (Å²) < 4.78 is 50.6. The normalized spacial score (nSPS) is 19.2. The fourth-order valence-electron chi connectivity index (χ4n) is 2.68. The first-order chi connectivity index (χ1) is 10.7. The van der Waals surface area contributed by atoms with Gasteiger partial charge in [0.05, 0.1) is 12.7 Å². The van der Waals surface area contributed by atoms with Gasteiger partial charge in [-0.15, -0.1) is 0 Å². The summed E-state index contributed by atoms with van der Waals surface area (Å²) in [6.45, 7) is 0.850. The molecule has 0 aromatic heterocycles. The van der Waals surface area contributed by atoms with Gasteiger partial charge >= 0.3 is 0 Å². The van der Waals surface area contributed by atoms with Gasteiger partial charge in [0, 0.05) is 26.2 Å². The van der Waals surface area contributed by atoms with Crippen molar-refractivity contribution in [2.45, 2.75) is 25.3 Å². The molecular weight excluding hydrogens is 326 g/mol. The van der Waals surface area contributed by atoms with Crippen molar-refractivity contribution in [1.82, 2.24) is 9.21 Å². The van der Waals surface area contributed by atoms with Crippen LogP contribution >= 0.6 is 0 Å². The molecule has 1 heterocycles. The zero-order chi connectivity index (χ0) is 17.2. The molecule has 1 aromatic rings. The van der Waals surface area contributed by atoms with Gasteiger partial charge in [-0.05, 0) is 30.5 Å². The van der Waals surface area contributed by atoms with Gasteiger partial charge < -0.3 is 4.90 Å². The summed E-state index contributed by atoms with van der Waals surface area (Å²) in [4.78, 5) is 13.9. The molecule has 1 fully saturated rings. The van der Waals surface area contributed by atoms with Gasteiger partial charge in [-0.3, -0.25) is 4.79 Å². The Labute approximate surface area is 134 Å². The van der Waals surface area contributed by atoms with Gasteiger partial charge in [0.2, 0.25) is 15.9 Å². The number of piperidine rings is 1. The number of carbonyl (C=O) groups is 1. The highest BCUT2D eigenvalue weighted by atomic mass is 32.2. The molecule has 23 heavy (non-hydrogen) atoms. The van der Waals surface area contributed by atoms with Crippen molar-refractivity contribution in [2.24, 2.45) is 0 Å². The fourth-order valence-corrected chi connectivity index (χ4v) is 3.40. The monoisotopic (exact) mass is 346 g/mol. The second-order valence-electron chi connectivity index (χ2n) is 5.84. The summed E-state index contributed by atoms with van der Waals surface area (Å²) in [5.74, 6) is -2.15. The molecule has 0 saturated carbocycles. The largest absolute Gasteiger partial charge is 0.341 e. The second-order valence-corrected chi connectivity index (χ2v) is 7.88. The molecular formula is C15H20F2N2O3S. The molecule has 128 valence electrons. The van der Waals surface area contributed by atoms with Crippen LogP contribution in [0.5, 0.6) is 0 Å². The number of likely N-dealkylation sites (N-methyl/N-ethyl adjacent to an activating group) is 1. The molecule has 0 radical (unpaired) electrons. The van der Waals surface area contributed by atoms with Crippen LogP contribution in [0, 0.1) is 11.6 Å². The summed E-state index contributed by atoms with van der Waals surface area (Å²) in [7, 11) is -1.81. The first kappa shape index (κ1) is 17.8. The number of sulfonamides is 1. The molecule has 1 atom stereocenters. The number of amides is 1. The smallest absolute Gasteiger partial charge is 0.227 e. The van der Waals surface area contributed by atoms with E-state index in [9.17, 15) is 22.0 Å². The maximum Gasteiger partial charge on any atom is 0.227 e. The predicted molar refractivity (Wildman–Crippen MR) is 82.3 cm³/mol. The van der Waals surface area contributed by atoms with Crippen molar-refractivity contribution in [2.75, 3.05) is 26.4 Å². The number of hydrogen-bond donors (Lipinski definition) is 0. The van der Waals surface area contributed by atoms with E-state index in [1.54, 1.807) is 4.90 Å². The van der Waals surface area contributed by atoms with Crippen LogP contribution in [0.25, 0.3) is 0 Å². The summed E-state index contributed by atoms with van der Waals surface area (Å²) >= 11 is 0. The Morgan fingerprint density at radius 1 is 1.35 bits per heavy atom. The molecule has 1 saturated heterocycles. The lowest BCUT2D eigenvalue weighted by atomic mass is 10.0. The number of likely N-dealkylation sites (tertiary alicyclic amines) is 1. The number of hydrogen-bond acceptors (Lipinski definition) is 3. The average Bonchev–Trinajstić information content (AvgIpc) is 2.49. The standard InChI is InChI=1S/C15H20F2N2O3S/c1-18(23(2,21)22)12-4-3-7-19(10-12)15(20)9-11-5-6-13(16)14(17)8-11/h5-6,8,12H,3-4,7,9-10H2,1-2H3/t12-/m1/s1. The number of nitrogens with zero attached hydrogens (tertiary/aromatic N) is 2. The first-order valence-electron chi connectivity index (χ1n) is 7.33. The van der Waals surface area contributed by atoms with Gasteiger partial charge in [0.1, 0.15) is 0 Å². The van der Waals surface area contributed by atoms with E-state index in [2.05, 4.69) is 0 Å². The Morgan fingerprint density at radius 3 is 2.65 bits per heavy atom. The van der Waals surface area contributed by atoms with E-state index >= 15 is 0 Å². The van der Waals surface area contributed by atoms with Crippen molar-refractivity contribution in [1.29, 1.82) is 0 Å². The zero-order valence-electron chi connectivity index (χ0n) is 13.1. The first-order valence-corrected chi connectivity index (χ1v) is 9.18. The quantitative estimate of drug-likeness (QED) is 0.828. The maximum atomic E-state index is 13.2. The Hall–Kier alpha value is -1.54. The molecule has 1 aliphatic heterocycles. The molecule has 2 rings (SSSR count). The molecule has 0 N–H and O–H groups in total. The third-order valence-electron chi connectivity index (χ3n) is 4.13. The van der Waals surface area contributed by atoms with Crippen LogP contribution in [-0.2, 0) is 21.2 Å². The topological polar surface area (TPSA) is 57.7 Å². The number of benzene rings is 1. The van der Waals surface area contributed by atoms with Crippen LogP contribution < -0.4 is 0 Å². The SMILES string of the molecule is CN([C@@H]1CCCN(C(=O)Cc2ccc(F)c(F)c2)C1)S(C)(=O)=O. The van der Waals surface area contributed by atoms with E-state index in [4.69, 9.17) is 0 Å². The number of carbonyl (C=O) groups excluding carboxylic acids is 1. The molecule has 0 spiro atoms. The third kappa shape index (κ3) is 4.48.